The lowest BCUT2D eigenvalue weighted by Crippen LogP contribution is -2.50. The maximum Gasteiger partial charge on any atom is 0.331 e. The molecule has 2 heterocycles. The minimum atomic E-state index is -1.01. The third kappa shape index (κ3) is 3.19. The van der Waals surface area contributed by atoms with Crippen LogP contribution in [-0.4, -0.2) is 34.6 Å². The number of rotatable bonds is 4. The number of terminal acetylenes is 1. The first-order valence-corrected chi connectivity index (χ1v) is 7.76. The van der Waals surface area contributed by atoms with Crippen LogP contribution in [0.25, 0.3) is 0 Å². The van der Waals surface area contributed by atoms with Gasteiger partial charge in [0.15, 0.2) is 6.04 Å². The summed E-state index contributed by atoms with van der Waals surface area (Å²) in [6, 6.07) is 0.391. The van der Waals surface area contributed by atoms with Gasteiger partial charge in [0.1, 0.15) is 0 Å². The van der Waals surface area contributed by atoms with E-state index in [1.54, 1.807) is 6.07 Å². The Morgan fingerprint density at radius 1 is 1.67 bits per heavy atom. The van der Waals surface area contributed by atoms with Gasteiger partial charge in [-0.1, -0.05) is 6.92 Å². The van der Waals surface area contributed by atoms with E-state index in [9.17, 15) is 14.7 Å². The highest BCUT2D eigenvalue weighted by Crippen LogP contribution is 2.33. The lowest BCUT2D eigenvalue weighted by Gasteiger charge is -2.34. The minimum absolute atomic E-state index is 0.124. The number of urea groups is 1. The van der Waals surface area contributed by atoms with Crippen LogP contribution in [0.15, 0.2) is 11.4 Å². The first-order valence-electron chi connectivity index (χ1n) is 6.88. The Morgan fingerprint density at radius 3 is 3.05 bits per heavy atom. The molecule has 0 aromatic carbocycles. The van der Waals surface area contributed by atoms with Gasteiger partial charge < -0.3 is 15.3 Å². The molecule has 0 aliphatic carbocycles. The number of hydrogen-bond acceptors (Lipinski definition) is 3. The molecule has 0 radical (unpaired) electrons. The molecule has 2 amide bonds. The molecule has 0 fully saturated rings. The molecule has 1 aliphatic rings. The molecule has 5 nitrogen and oxygen atoms in total. The topological polar surface area (TPSA) is 69.6 Å². The third-order valence-corrected chi connectivity index (χ3v) is 4.64. The van der Waals surface area contributed by atoms with Crippen molar-refractivity contribution in [2.45, 2.75) is 38.3 Å². The molecule has 0 saturated heterocycles. The maximum absolute atomic E-state index is 12.4. The average Bonchev–Trinajstić information content (AvgIpc) is 2.93. The predicted molar refractivity (Wildman–Crippen MR) is 81.2 cm³/mol. The highest BCUT2D eigenvalue weighted by molar-refractivity contribution is 7.10. The number of carboxylic acids is 1. The van der Waals surface area contributed by atoms with Crippen molar-refractivity contribution in [1.82, 2.24) is 10.2 Å². The number of carbonyl (C=O) groups excluding carboxylic acids is 1. The molecule has 2 rings (SSSR count). The summed E-state index contributed by atoms with van der Waals surface area (Å²) in [6.07, 6.45) is 7.12. The van der Waals surface area contributed by atoms with Crippen molar-refractivity contribution >= 4 is 23.3 Å². The van der Waals surface area contributed by atoms with Crippen LogP contribution in [0, 0.1) is 12.3 Å². The largest absolute Gasteiger partial charge is 0.479 e. The Labute approximate surface area is 128 Å². The number of hydrogen-bond donors (Lipinski definition) is 2. The highest BCUT2D eigenvalue weighted by Gasteiger charge is 2.36. The van der Waals surface area contributed by atoms with E-state index in [1.807, 2.05) is 12.3 Å². The highest BCUT2D eigenvalue weighted by atomic mass is 32.1. The molecular formula is C15H18N2O3S. The van der Waals surface area contributed by atoms with Gasteiger partial charge in [-0.05, 0) is 29.9 Å². The molecule has 112 valence electrons. The zero-order chi connectivity index (χ0) is 15.4. The lowest BCUT2D eigenvalue weighted by atomic mass is 10.0. The van der Waals surface area contributed by atoms with Crippen molar-refractivity contribution in [3.8, 4) is 12.3 Å². The Morgan fingerprint density at radius 2 is 2.43 bits per heavy atom. The molecule has 1 aromatic heterocycles. The normalized spacial score (nSPS) is 18.5. The molecule has 0 saturated carbocycles. The fourth-order valence-electron chi connectivity index (χ4n) is 2.50. The molecule has 6 heteroatoms. The molecule has 2 atom stereocenters. The summed E-state index contributed by atoms with van der Waals surface area (Å²) in [4.78, 5) is 26.4. The van der Waals surface area contributed by atoms with E-state index >= 15 is 0 Å². The van der Waals surface area contributed by atoms with E-state index in [4.69, 9.17) is 6.42 Å². The predicted octanol–water partition coefficient (Wildman–Crippen LogP) is 2.24. The van der Waals surface area contributed by atoms with E-state index in [2.05, 4.69) is 11.2 Å². The van der Waals surface area contributed by atoms with Gasteiger partial charge in [-0.2, -0.15) is 0 Å². The van der Waals surface area contributed by atoms with Gasteiger partial charge in [0.25, 0.3) is 0 Å². The quantitative estimate of drug-likeness (QED) is 0.838. The molecule has 2 N–H and O–H groups in total. The van der Waals surface area contributed by atoms with Crippen molar-refractivity contribution in [1.29, 1.82) is 0 Å². The second-order valence-corrected chi connectivity index (χ2v) is 5.95. The van der Waals surface area contributed by atoms with Crippen LogP contribution in [0.5, 0.6) is 0 Å². The van der Waals surface area contributed by atoms with E-state index in [-0.39, 0.29) is 12.1 Å². The standard InChI is InChI=1S/C15H18N2O3S/c1-3-5-10(4-2)16-15(20)17-8-6-12-11(7-9-21-12)13(17)14(18)19/h1,7,9-10,13H,4-6,8H2,2H3,(H,16,20)(H,18,19). The van der Waals surface area contributed by atoms with Crippen molar-refractivity contribution in [2.24, 2.45) is 0 Å². The number of amides is 2. The number of nitrogens with zero attached hydrogens (tertiary/aromatic N) is 1. The van der Waals surface area contributed by atoms with Gasteiger partial charge in [-0.3, -0.25) is 0 Å². The van der Waals surface area contributed by atoms with E-state index in [0.717, 1.165) is 10.4 Å². The number of fused-ring (bicyclic) bond motifs is 1. The molecule has 21 heavy (non-hydrogen) atoms. The molecule has 2 unspecified atom stereocenters. The van der Waals surface area contributed by atoms with Crippen LogP contribution in [0.1, 0.15) is 36.2 Å². The molecule has 0 bridgehead atoms. The summed E-state index contributed by atoms with van der Waals surface area (Å²) in [5.74, 6) is 1.52. The maximum atomic E-state index is 12.4. The number of nitrogens with one attached hydrogen (secondary N) is 1. The molecule has 1 aliphatic heterocycles. The first kappa shape index (κ1) is 15.4. The van der Waals surface area contributed by atoms with Crippen LogP contribution >= 0.6 is 11.3 Å². The van der Waals surface area contributed by atoms with Crippen molar-refractivity contribution in [3.05, 3.63) is 21.9 Å². The zero-order valence-electron chi connectivity index (χ0n) is 11.8. The van der Waals surface area contributed by atoms with Crippen molar-refractivity contribution in [3.63, 3.8) is 0 Å². The van der Waals surface area contributed by atoms with Gasteiger partial charge in [0.2, 0.25) is 0 Å². The summed E-state index contributed by atoms with van der Waals surface area (Å²) in [5.41, 5.74) is 0.721. The second-order valence-electron chi connectivity index (χ2n) is 4.95. The molecule has 0 spiro atoms. The number of carbonyl (C=O) groups is 2. The van der Waals surface area contributed by atoms with E-state index in [0.29, 0.717) is 25.8 Å². The average molecular weight is 306 g/mol. The Kier molecular flexibility index (Phi) is 4.86. The first-order chi connectivity index (χ1) is 10.1. The number of aliphatic carboxylic acids is 1. The SMILES string of the molecule is C#CCC(CC)NC(=O)N1CCc2sccc2C1C(=O)O. The third-order valence-electron chi connectivity index (χ3n) is 3.65. The van der Waals surface area contributed by atoms with Gasteiger partial charge in [-0.25, -0.2) is 9.59 Å². The fourth-order valence-corrected chi connectivity index (χ4v) is 3.40. The van der Waals surface area contributed by atoms with E-state index in [1.165, 1.54) is 16.2 Å². The van der Waals surface area contributed by atoms with Crippen molar-refractivity contribution in [2.75, 3.05) is 6.54 Å². The van der Waals surface area contributed by atoms with Gasteiger partial charge in [0.05, 0.1) is 0 Å². The number of carboxylic acid groups (broad SMARTS) is 1. The summed E-state index contributed by atoms with van der Waals surface area (Å²) in [5, 5.41) is 14.2. The van der Waals surface area contributed by atoms with Gasteiger partial charge in [-0.15, -0.1) is 23.7 Å². The lowest BCUT2D eigenvalue weighted by molar-refractivity contribution is -0.142. The van der Waals surface area contributed by atoms with Crippen LogP contribution in [0.2, 0.25) is 0 Å². The van der Waals surface area contributed by atoms with Crippen LogP contribution in [0.4, 0.5) is 4.79 Å². The Balaban J connectivity index is 2.17. The smallest absolute Gasteiger partial charge is 0.331 e. The van der Waals surface area contributed by atoms with Crippen LogP contribution < -0.4 is 5.32 Å². The minimum Gasteiger partial charge on any atom is -0.479 e. The van der Waals surface area contributed by atoms with Crippen molar-refractivity contribution < 1.29 is 14.7 Å². The summed E-state index contributed by atoms with van der Waals surface area (Å²) < 4.78 is 0. The summed E-state index contributed by atoms with van der Waals surface area (Å²) in [6.45, 7) is 2.34. The van der Waals surface area contributed by atoms with Gasteiger partial charge in [0, 0.05) is 23.9 Å². The van der Waals surface area contributed by atoms with Crippen LogP contribution in [-0.2, 0) is 11.2 Å². The van der Waals surface area contributed by atoms with E-state index < -0.39 is 12.0 Å². The van der Waals surface area contributed by atoms with Gasteiger partial charge >= 0.3 is 12.0 Å². The second kappa shape index (κ2) is 6.64. The number of thiophene rings is 1. The van der Waals surface area contributed by atoms with Crippen LogP contribution in [0.3, 0.4) is 0 Å². The fraction of sp³-hybridized carbons (Fsp3) is 0.467. The monoisotopic (exact) mass is 306 g/mol. The summed E-state index contributed by atoms with van der Waals surface area (Å²) in [7, 11) is 0. The Hall–Kier alpha value is -2.00. The Bertz CT molecular complexity index is 576. The molecular weight excluding hydrogens is 288 g/mol. The zero-order valence-corrected chi connectivity index (χ0v) is 12.7. The summed E-state index contributed by atoms with van der Waals surface area (Å²) >= 11 is 1.54. The molecule has 1 aromatic rings.